The van der Waals surface area contributed by atoms with E-state index in [4.69, 9.17) is 11.6 Å². The Kier molecular flexibility index (Phi) is 5.64. The van der Waals surface area contributed by atoms with Gasteiger partial charge in [0.05, 0.1) is 21.2 Å². The summed E-state index contributed by atoms with van der Waals surface area (Å²) in [5.74, 6) is 0. The van der Waals surface area contributed by atoms with Crippen LogP contribution in [0, 0.1) is 6.92 Å². The Morgan fingerprint density at radius 3 is 2.71 bits per heavy atom. The maximum absolute atomic E-state index is 12.9. The third-order valence-corrected chi connectivity index (χ3v) is 5.77. The van der Waals surface area contributed by atoms with Gasteiger partial charge in [0.2, 0.25) is 10.0 Å². The van der Waals surface area contributed by atoms with E-state index in [0.717, 1.165) is 23.4 Å². The number of alkyl halides is 3. The molecule has 0 aliphatic heterocycles. The molecule has 2 heterocycles. The zero-order valence-electron chi connectivity index (χ0n) is 14.7. The number of aromatic nitrogens is 3. The van der Waals surface area contributed by atoms with E-state index in [2.05, 4.69) is 14.8 Å². The predicted octanol–water partition coefficient (Wildman–Crippen LogP) is 3.62. The van der Waals surface area contributed by atoms with Crippen LogP contribution < -0.4 is 4.72 Å². The van der Waals surface area contributed by atoms with Gasteiger partial charge in [-0.3, -0.25) is 0 Å². The normalized spacial score (nSPS) is 12.6. The van der Waals surface area contributed by atoms with E-state index in [0.29, 0.717) is 24.6 Å². The molecule has 0 radical (unpaired) electrons. The van der Waals surface area contributed by atoms with Crippen LogP contribution in [0.3, 0.4) is 0 Å². The molecule has 3 aromatic rings. The molecule has 11 heteroatoms. The maximum Gasteiger partial charge on any atom is 0.417 e. The monoisotopic (exact) mass is 432 g/mol. The molecular weight excluding hydrogens is 417 g/mol. The number of fused-ring (bicyclic) bond motifs is 1. The second kappa shape index (κ2) is 7.69. The van der Waals surface area contributed by atoms with Crippen molar-refractivity contribution >= 4 is 27.3 Å². The zero-order valence-corrected chi connectivity index (χ0v) is 16.2. The van der Waals surface area contributed by atoms with Crippen molar-refractivity contribution in [3.63, 3.8) is 0 Å². The molecule has 0 atom stereocenters. The van der Waals surface area contributed by atoms with Crippen molar-refractivity contribution in [2.24, 2.45) is 0 Å². The number of hydrogen-bond donors (Lipinski definition) is 1. The van der Waals surface area contributed by atoms with E-state index in [1.165, 1.54) is 0 Å². The van der Waals surface area contributed by atoms with Gasteiger partial charge in [0.15, 0.2) is 5.65 Å². The highest BCUT2D eigenvalue weighted by Gasteiger charge is 2.34. The maximum atomic E-state index is 12.9. The number of sulfonamides is 1. The number of halogens is 4. The molecule has 1 N–H and O–H groups in total. The van der Waals surface area contributed by atoms with E-state index in [-0.39, 0.29) is 6.54 Å². The molecule has 6 nitrogen and oxygen atoms in total. The van der Waals surface area contributed by atoms with E-state index in [9.17, 15) is 21.6 Å². The summed E-state index contributed by atoms with van der Waals surface area (Å²) in [6, 6.07) is 4.32. The van der Waals surface area contributed by atoms with Crippen LogP contribution >= 0.6 is 11.6 Å². The van der Waals surface area contributed by atoms with Crippen LogP contribution in [0.15, 0.2) is 41.6 Å². The molecule has 0 saturated carbocycles. The Labute approximate surface area is 164 Å². The standard InChI is InChI=1S/C17H16ClF3N4O2S/c1-11-7-16-22-9-12(10-25(16)24-11)3-2-6-23-28(26,27)13-4-5-15(18)14(8-13)17(19,20)21/h4-5,7-10,23H,2-3,6H2,1H3. The molecule has 3 rings (SSSR count). The first kappa shape index (κ1) is 20.6. The second-order valence-electron chi connectivity index (χ2n) is 6.19. The number of aryl methyl sites for hydroxylation is 2. The van der Waals surface area contributed by atoms with Crippen LogP contribution in [0.2, 0.25) is 5.02 Å². The molecular formula is C17H16ClF3N4O2S. The van der Waals surface area contributed by atoms with Crippen molar-refractivity contribution in [3.05, 3.63) is 58.5 Å². The molecule has 0 fully saturated rings. The molecule has 0 aliphatic rings. The van der Waals surface area contributed by atoms with Gasteiger partial charge in [0, 0.05) is 25.0 Å². The Bertz CT molecular complexity index is 1110. The summed E-state index contributed by atoms with van der Waals surface area (Å²) in [5.41, 5.74) is 1.22. The van der Waals surface area contributed by atoms with Crippen molar-refractivity contribution in [1.29, 1.82) is 0 Å². The number of benzene rings is 1. The van der Waals surface area contributed by atoms with Gasteiger partial charge in [0.1, 0.15) is 0 Å². The quantitative estimate of drug-likeness (QED) is 0.603. The van der Waals surface area contributed by atoms with Gasteiger partial charge in [-0.05, 0) is 43.5 Å². The first-order valence-electron chi connectivity index (χ1n) is 8.23. The lowest BCUT2D eigenvalue weighted by atomic mass is 10.2. The third kappa shape index (κ3) is 4.62. The van der Waals surface area contributed by atoms with E-state index >= 15 is 0 Å². The average molecular weight is 433 g/mol. The van der Waals surface area contributed by atoms with Crippen LogP contribution in [-0.2, 0) is 22.6 Å². The van der Waals surface area contributed by atoms with Gasteiger partial charge in [-0.25, -0.2) is 22.6 Å². The topological polar surface area (TPSA) is 76.4 Å². The molecule has 0 bridgehead atoms. The molecule has 0 aliphatic carbocycles. The van der Waals surface area contributed by atoms with Crippen LogP contribution in [0.25, 0.3) is 5.65 Å². The Morgan fingerprint density at radius 2 is 2.00 bits per heavy atom. The lowest BCUT2D eigenvalue weighted by molar-refractivity contribution is -0.137. The zero-order chi connectivity index (χ0) is 20.5. The summed E-state index contributed by atoms with van der Waals surface area (Å²) in [4.78, 5) is 3.77. The summed E-state index contributed by atoms with van der Waals surface area (Å²) in [6.07, 6.45) is -0.289. The highest BCUT2D eigenvalue weighted by atomic mass is 35.5. The minimum atomic E-state index is -4.74. The van der Waals surface area contributed by atoms with Gasteiger partial charge in [-0.1, -0.05) is 11.6 Å². The largest absolute Gasteiger partial charge is 0.417 e. The molecule has 28 heavy (non-hydrogen) atoms. The lowest BCUT2D eigenvalue weighted by Gasteiger charge is -2.12. The third-order valence-electron chi connectivity index (χ3n) is 3.98. The fourth-order valence-corrected chi connectivity index (χ4v) is 3.96. The number of nitrogens with zero attached hydrogens (tertiary/aromatic N) is 3. The molecule has 0 amide bonds. The molecule has 0 spiro atoms. The Morgan fingerprint density at radius 1 is 1.25 bits per heavy atom. The first-order valence-corrected chi connectivity index (χ1v) is 10.1. The Balaban J connectivity index is 1.63. The molecule has 0 saturated heterocycles. The fraction of sp³-hybridized carbons (Fsp3) is 0.294. The number of rotatable bonds is 6. The molecule has 1 aromatic carbocycles. The Hall–Kier alpha value is -2.17. The van der Waals surface area contributed by atoms with Crippen molar-refractivity contribution in [1.82, 2.24) is 19.3 Å². The van der Waals surface area contributed by atoms with Crippen LogP contribution in [0.4, 0.5) is 13.2 Å². The molecule has 0 unspecified atom stereocenters. The van der Waals surface area contributed by atoms with Gasteiger partial charge in [0.25, 0.3) is 0 Å². The van der Waals surface area contributed by atoms with E-state index < -0.39 is 31.7 Å². The summed E-state index contributed by atoms with van der Waals surface area (Å²) in [7, 11) is -4.09. The summed E-state index contributed by atoms with van der Waals surface area (Å²) < 4.78 is 67.2. The van der Waals surface area contributed by atoms with Crippen LogP contribution in [0.5, 0.6) is 0 Å². The molecule has 150 valence electrons. The smallest absolute Gasteiger partial charge is 0.237 e. The second-order valence-corrected chi connectivity index (χ2v) is 8.37. The number of nitrogens with one attached hydrogen (secondary N) is 1. The lowest BCUT2D eigenvalue weighted by Crippen LogP contribution is -2.25. The van der Waals surface area contributed by atoms with Gasteiger partial charge >= 0.3 is 6.18 Å². The number of hydrogen-bond acceptors (Lipinski definition) is 4. The van der Waals surface area contributed by atoms with Gasteiger partial charge in [-0.15, -0.1) is 0 Å². The van der Waals surface area contributed by atoms with Gasteiger partial charge in [-0.2, -0.15) is 18.3 Å². The first-order chi connectivity index (χ1) is 13.1. The summed E-state index contributed by atoms with van der Waals surface area (Å²) in [6.45, 7) is 1.91. The van der Waals surface area contributed by atoms with Crippen molar-refractivity contribution in [2.45, 2.75) is 30.8 Å². The van der Waals surface area contributed by atoms with Crippen molar-refractivity contribution in [2.75, 3.05) is 6.54 Å². The van der Waals surface area contributed by atoms with Crippen molar-refractivity contribution < 1.29 is 21.6 Å². The summed E-state index contributed by atoms with van der Waals surface area (Å²) in [5, 5.41) is 3.70. The summed E-state index contributed by atoms with van der Waals surface area (Å²) >= 11 is 5.52. The fourth-order valence-electron chi connectivity index (χ4n) is 2.63. The van der Waals surface area contributed by atoms with Crippen LogP contribution in [0.1, 0.15) is 23.2 Å². The van der Waals surface area contributed by atoms with Crippen molar-refractivity contribution in [3.8, 4) is 0 Å². The minimum absolute atomic E-state index is 0.0580. The van der Waals surface area contributed by atoms with Gasteiger partial charge < -0.3 is 0 Å². The highest BCUT2D eigenvalue weighted by Crippen LogP contribution is 2.35. The SMILES string of the molecule is Cc1cc2ncc(CCCNS(=O)(=O)c3ccc(Cl)c(C(F)(F)F)c3)cn2n1. The predicted molar refractivity (Wildman–Crippen MR) is 97.7 cm³/mol. The minimum Gasteiger partial charge on any atom is -0.237 e. The highest BCUT2D eigenvalue weighted by molar-refractivity contribution is 7.89. The molecule has 2 aromatic heterocycles. The van der Waals surface area contributed by atoms with Crippen LogP contribution in [-0.4, -0.2) is 29.6 Å². The average Bonchev–Trinajstić information content (AvgIpc) is 2.97. The van der Waals surface area contributed by atoms with E-state index in [1.807, 2.05) is 13.0 Å². The van der Waals surface area contributed by atoms with E-state index in [1.54, 1.807) is 16.9 Å².